The minimum absolute atomic E-state index is 0.00554. The lowest BCUT2D eigenvalue weighted by molar-refractivity contribution is -0.141. The average Bonchev–Trinajstić information content (AvgIpc) is 2.83. The Morgan fingerprint density at radius 3 is 2.41 bits per heavy atom. The Balaban J connectivity index is 2.83. The zero-order chi connectivity index (χ0) is 29.5. The molecule has 1 aliphatic carbocycles. The fourth-order valence-corrected chi connectivity index (χ4v) is 7.55. The Morgan fingerprint density at radius 1 is 1.21 bits per heavy atom. The predicted molar refractivity (Wildman–Crippen MR) is 155 cm³/mol. The van der Waals surface area contributed by atoms with Gasteiger partial charge in [0, 0.05) is 17.5 Å². The summed E-state index contributed by atoms with van der Waals surface area (Å²) in [7, 11) is -4.60. The van der Waals surface area contributed by atoms with Gasteiger partial charge in [0.2, 0.25) is 0 Å². The topological polar surface area (TPSA) is 113 Å². The van der Waals surface area contributed by atoms with Crippen molar-refractivity contribution in [3.05, 3.63) is 47.1 Å². The lowest BCUT2D eigenvalue weighted by Crippen LogP contribution is -2.43. The van der Waals surface area contributed by atoms with Crippen LogP contribution < -0.4 is 4.52 Å². The van der Waals surface area contributed by atoms with E-state index in [1.54, 1.807) is 32.9 Å². The number of carboxylic acid groups (broad SMARTS) is 1. The number of aromatic hydroxyl groups is 1. The highest BCUT2D eigenvalue weighted by Gasteiger charge is 2.50. The normalized spacial score (nSPS) is 19.8. The summed E-state index contributed by atoms with van der Waals surface area (Å²) in [6.07, 6.45) is 7.34. The van der Waals surface area contributed by atoms with Crippen molar-refractivity contribution in [3.63, 3.8) is 0 Å². The number of carboxylic acids is 1. The fraction of sp³-hybridized carbons (Fsp3) is 0.600. The lowest BCUT2D eigenvalue weighted by Gasteiger charge is -2.36. The first-order valence-electron chi connectivity index (χ1n) is 13.9. The summed E-state index contributed by atoms with van der Waals surface area (Å²) >= 11 is 0. The molecule has 218 valence electrons. The predicted octanol–water partition coefficient (Wildman–Crippen LogP) is 8.05. The Bertz CT molecular complexity index is 1130. The number of hydrogen-bond acceptors (Lipinski definition) is 6. The van der Waals surface area contributed by atoms with Gasteiger partial charge in [-0.2, -0.15) is 4.67 Å². The molecule has 2 unspecified atom stereocenters. The third-order valence-corrected chi connectivity index (χ3v) is 9.72. The van der Waals surface area contributed by atoms with Crippen molar-refractivity contribution in [1.29, 1.82) is 0 Å². The number of phenolic OH excluding ortho intramolecular Hbond substituents is 1. The van der Waals surface area contributed by atoms with Gasteiger partial charge in [0.1, 0.15) is 17.5 Å². The SMILES string of the molecule is C=C(C)[C@@H]1CCC(C)=C[C@H]1c1c(O)cc(CCCCC)cc1OP(=O)(C(=O)OCC)N(C(C)C)C(C)C(=O)O. The summed E-state index contributed by atoms with van der Waals surface area (Å²) in [4.78, 5) is 25.3. The van der Waals surface area contributed by atoms with E-state index in [4.69, 9.17) is 9.26 Å². The van der Waals surface area contributed by atoms with Gasteiger partial charge in [-0.25, -0.2) is 9.36 Å². The number of ether oxygens (including phenoxy) is 1. The van der Waals surface area contributed by atoms with Crippen molar-refractivity contribution in [1.82, 2.24) is 4.67 Å². The van der Waals surface area contributed by atoms with Gasteiger partial charge in [-0.3, -0.25) is 4.79 Å². The fourth-order valence-electron chi connectivity index (χ4n) is 5.32. The van der Waals surface area contributed by atoms with Crippen LogP contribution in [0.1, 0.15) is 97.6 Å². The second kappa shape index (κ2) is 14.2. The van der Waals surface area contributed by atoms with Crippen LogP contribution in [0.2, 0.25) is 0 Å². The first kappa shape index (κ1) is 32.6. The molecule has 1 aliphatic rings. The monoisotopic (exact) mass is 563 g/mol. The van der Waals surface area contributed by atoms with Crippen LogP contribution in [0.25, 0.3) is 0 Å². The third kappa shape index (κ3) is 7.76. The first-order chi connectivity index (χ1) is 18.3. The molecule has 0 saturated carbocycles. The Labute approximate surface area is 233 Å². The molecule has 4 atom stereocenters. The van der Waals surface area contributed by atoms with Gasteiger partial charge in [-0.1, -0.05) is 43.6 Å². The van der Waals surface area contributed by atoms with E-state index in [1.165, 1.54) is 6.92 Å². The molecule has 0 amide bonds. The van der Waals surface area contributed by atoms with E-state index in [-0.39, 0.29) is 29.9 Å². The molecule has 0 spiro atoms. The van der Waals surface area contributed by atoms with Gasteiger partial charge in [0.25, 0.3) is 0 Å². The van der Waals surface area contributed by atoms with Crippen LogP contribution in [0.5, 0.6) is 11.5 Å². The molecule has 0 saturated heterocycles. The van der Waals surface area contributed by atoms with E-state index < -0.39 is 31.3 Å². The molecule has 0 fully saturated rings. The van der Waals surface area contributed by atoms with Crippen molar-refractivity contribution < 1.29 is 33.6 Å². The Morgan fingerprint density at radius 2 is 1.87 bits per heavy atom. The van der Waals surface area contributed by atoms with Gasteiger partial charge in [-0.05, 0) is 90.8 Å². The molecule has 39 heavy (non-hydrogen) atoms. The van der Waals surface area contributed by atoms with E-state index in [2.05, 4.69) is 19.6 Å². The van der Waals surface area contributed by atoms with Crippen LogP contribution in [-0.2, 0) is 20.5 Å². The number of allylic oxidation sites excluding steroid dienone is 3. The van der Waals surface area contributed by atoms with Crippen molar-refractivity contribution >= 4 is 19.2 Å². The number of phenols is 1. The van der Waals surface area contributed by atoms with Crippen LogP contribution in [0.15, 0.2) is 35.9 Å². The molecule has 0 radical (unpaired) electrons. The average molecular weight is 564 g/mol. The van der Waals surface area contributed by atoms with Crippen LogP contribution in [-0.4, -0.2) is 45.3 Å². The van der Waals surface area contributed by atoms with Crippen molar-refractivity contribution in [2.45, 2.75) is 105 Å². The molecule has 0 heterocycles. The van der Waals surface area contributed by atoms with Gasteiger partial charge in [0.15, 0.2) is 0 Å². The number of nitrogens with zero attached hydrogens (tertiary/aromatic N) is 1. The molecule has 9 heteroatoms. The number of benzene rings is 1. The van der Waals surface area contributed by atoms with Crippen molar-refractivity contribution in [3.8, 4) is 11.5 Å². The molecule has 0 bridgehead atoms. The number of aliphatic carboxylic acids is 1. The third-order valence-electron chi connectivity index (χ3n) is 7.27. The van der Waals surface area contributed by atoms with Crippen LogP contribution in [0.3, 0.4) is 0 Å². The van der Waals surface area contributed by atoms with Gasteiger partial charge < -0.3 is 19.5 Å². The summed E-state index contributed by atoms with van der Waals surface area (Å²) in [5.41, 5.74) is 2.16. The molecular weight excluding hydrogens is 517 g/mol. The van der Waals surface area contributed by atoms with Crippen molar-refractivity contribution in [2.24, 2.45) is 5.92 Å². The van der Waals surface area contributed by atoms with Gasteiger partial charge >= 0.3 is 19.2 Å². The smallest absolute Gasteiger partial charge is 0.427 e. The van der Waals surface area contributed by atoms with E-state index in [9.17, 15) is 24.4 Å². The van der Waals surface area contributed by atoms with E-state index >= 15 is 0 Å². The van der Waals surface area contributed by atoms with Gasteiger partial charge in [0.05, 0.1) is 6.61 Å². The largest absolute Gasteiger partial charge is 0.507 e. The minimum Gasteiger partial charge on any atom is -0.507 e. The highest BCUT2D eigenvalue weighted by Crippen LogP contribution is 2.58. The number of rotatable bonds is 14. The second-order valence-electron chi connectivity index (χ2n) is 10.8. The zero-order valence-electron chi connectivity index (χ0n) is 24.5. The number of aryl methyl sites for hydroxylation is 1. The first-order valence-corrected chi connectivity index (χ1v) is 15.5. The molecule has 2 N–H and O–H groups in total. The number of unbranched alkanes of at least 4 members (excludes halogenated alkanes) is 2. The summed E-state index contributed by atoms with van der Waals surface area (Å²) in [6.45, 7) is 16.4. The van der Waals surface area contributed by atoms with Crippen molar-refractivity contribution in [2.75, 3.05) is 6.61 Å². The number of hydrogen-bond donors (Lipinski definition) is 2. The quantitative estimate of drug-likeness (QED) is 0.133. The maximum absolute atomic E-state index is 14.6. The Kier molecular flexibility index (Phi) is 11.9. The Hall–Kier alpha value is -2.57. The van der Waals surface area contributed by atoms with Crippen LogP contribution in [0, 0.1) is 5.92 Å². The second-order valence-corrected chi connectivity index (χ2v) is 12.9. The van der Waals surface area contributed by atoms with Crippen LogP contribution in [0.4, 0.5) is 4.79 Å². The summed E-state index contributed by atoms with van der Waals surface area (Å²) in [5, 5.41) is 21.2. The lowest BCUT2D eigenvalue weighted by atomic mass is 9.73. The van der Waals surface area contributed by atoms with Crippen LogP contribution >= 0.6 is 7.52 Å². The molecule has 0 aliphatic heterocycles. The number of carbonyl (C=O) groups excluding carboxylic acids is 1. The van der Waals surface area contributed by atoms with E-state index in [0.717, 1.165) is 53.5 Å². The van der Waals surface area contributed by atoms with Gasteiger partial charge in [-0.15, -0.1) is 0 Å². The summed E-state index contributed by atoms with van der Waals surface area (Å²) < 4.78 is 27.1. The standard InChI is InChI=1S/C30H46NO7P/c1-9-11-12-13-23-17-26(32)28(25-16-21(7)14-15-24(25)19(3)4)27(18-23)38-39(36,30(35)37-10-2)31(20(5)6)22(8)29(33)34/h16-18,20,22,24-25,32H,3,9-15H2,1-2,4-8H3,(H,33,34)/t22?,24-,25+,39?/m0/s1. The number of carbonyl (C=O) groups is 2. The molecule has 1 aromatic rings. The minimum atomic E-state index is -4.60. The maximum atomic E-state index is 14.6. The maximum Gasteiger partial charge on any atom is 0.427 e. The summed E-state index contributed by atoms with van der Waals surface area (Å²) in [5.74, 6) is -1.49. The van der Waals surface area contributed by atoms with E-state index in [1.807, 2.05) is 13.8 Å². The molecule has 2 rings (SSSR count). The molecule has 8 nitrogen and oxygen atoms in total. The van der Waals surface area contributed by atoms with E-state index in [0.29, 0.717) is 12.0 Å². The highest BCUT2D eigenvalue weighted by atomic mass is 31.2. The molecule has 0 aromatic heterocycles. The highest BCUT2D eigenvalue weighted by molar-refractivity contribution is 7.73. The summed E-state index contributed by atoms with van der Waals surface area (Å²) in [6, 6.07) is 1.51. The zero-order valence-corrected chi connectivity index (χ0v) is 25.4. The molecular formula is C30H46NO7P. The molecule has 1 aromatic carbocycles.